The fourth-order valence-corrected chi connectivity index (χ4v) is 2.32. The summed E-state index contributed by atoms with van der Waals surface area (Å²) in [4.78, 5) is 34.6. The standard InChI is InChI=1S/C17H12N2O5/c1-10-4-2-7-13-14(20)9-15(24-16(10)13)17(21)18-11-5-3-6-12(8-11)19(22)23/h2-9H,1H3,(H,18,21). The third-order valence-electron chi connectivity index (χ3n) is 3.49. The van der Waals surface area contributed by atoms with E-state index in [1.54, 1.807) is 25.1 Å². The van der Waals surface area contributed by atoms with E-state index < -0.39 is 10.8 Å². The topological polar surface area (TPSA) is 102 Å². The smallest absolute Gasteiger partial charge is 0.291 e. The van der Waals surface area contributed by atoms with Crippen molar-refractivity contribution in [2.45, 2.75) is 6.92 Å². The Balaban J connectivity index is 1.97. The van der Waals surface area contributed by atoms with Crippen LogP contribution in [-0.2, 0) is 0 Å². The van der Waals surface area contributed by atoms with E-state index in [0.29, 0.717) is 11.0 Å². The van der Waals surface area contributed by atoms with Crippen molar-refractivity contribution < 1.29 is 14.1 Å². The molecule has 1 N–H and O–H groups in total. The van der Waals surface area contributed by atoms with E-state index in [1.807, 2.05) is 0 Å². The van der Waals surface area contributed by atoms with Gasteiger partial charge in [0.1, 0.15) is 5.58 Å². The number of hydrogen-bond donors (Lipinski definition) is 1. The summed E-state index contributed by atoms with van der Waals surface area (Å²) in [7, 11) is 0. The van der Waals surface area contributed by atoms with E-state index >= 15 is 0 Å². The SMILES string of the molecule is Cc1cccc2c(=O)cc(C(=O)Nc3cccc([N+](=O)[O-])c3)oc12. The van der Waals surface area contributed by atoms with Crippen LogP contribution in [0.1, 0.15) is 16.1 Å². The molecular formula is C17H12N2O5. The van der Waals surface area contributed by atoms with E-state index in [-0.39, 0.29) is 22.6 Å². The molecule has 0 spiro atoms. The lowest BCUT2D eigenvalue weighted by atomic mass is 10.1. The molecule has 0 unspecified atom stereocenters. The minimum absolute atomic E-state index is 0.149. The van der Waals surface area contributed by atoms with Gasteiger partial charge in [0.05, 0.1) is 10.3 Å². The molecule has 0 bridgehead atoms. The van der Waals surface area contributed by atoms with Crippen LogP contribution in [0.5, 0.6) is 0 Å². The molecule has 3 rings (SSSR count). The van der Waals surface area contributed by atoms with Gasteiger partial charge in [0.25, 0.3) is 11.6 Å². The van der Waals surface area contributed by atoms with Crippen molar-refractivity contribution in [3.63, 3.8) is 0 Å². The van der Waals surface area contributed by atoms with Crippen molar-refractivity contribution in [2.24, 2.45) is 0 Å². The zero-order valence-electron chi connectivity index (χ0n) is 12.6. The van der Waals surface area contributed by atoms with Gasteiger partial charge in [-0.1, -0.05) is 18.2 Å². The van der Waals surface area contributed by atoms with E-state index in [1.165, 1.54) is 24.3 Å². The van der Waals surface area contributed by atoms with Crippen LogP contribution in [0.3, 0.4) is 0 Å². The first-order valence-corrected chi connectivity index (χ1v) is 7.05. The second-order valence-electron chi connectivity index (χ2n) is 5.19. The van der Waals surface area contributed by atoms with Gasteiger partial charge >= 0.3 is 0 Å². The molecular weight excluding hydrogens is 312 g/mol. The Labute approximate surface area is 135 Å². The molecule has 0 aliphatic carbocycles. The van der Waals surface area contributed by atoms with Crippen LogP contribution < -0.4 is 10.7 Å². The monoisotopic (exact) mass is 324 g/mol. The molecule has 0 fully saturated rings. The first-order valence-electron chi connectivity index (χ1n) is 7.05. The summed E-state index contributed by atoms with van der Waals surface area (Å²) in [6.45, 7) is 1.77. The number of rotatable bonds is 3. The highest BCUT2D eigenvalue weighted by molar-refractivity contribution is 6.03. The maximum atomic E-state index is 12.3. The Bertz CT molecular complexity index is 1020. The number of nitro groups is 1. The summed E-state index contributed by atoms with van der Waals surface area (Å²) in [6, 6.07) is 11.7. The van der Waals surface area contributed by atoms with Crippen molar-refractivity contribution in [1.29, 1.82) is 0 Å². The number of nitrogens with one attached hydrogen (secondary N) is 1. The maximum Gasteiger partial charge on any atom is 0.291 e. The molecule has 1 heterocycles. The Morgan fingerprint density at radius 2 is 1.92 bits per heavy atom. The minimum atomic E-state index is -0.655. The van der Waals surface area contributed by atoms with Crippen LogP contribution >= 0.6 is 0 Å². The Kier molecular flexibility index (Phi) is 3.83. The second-order valence-corrected chi connectivity index (χ2v) is 5.19. The molecule has 2 aromatic carbocycles. The summed E-state index contributed by atoms with van der Waals surface area (Å²) in [6.07, 6.45) is 0. The summed E-state index contributed by atoms with van der Waals surface area (Å²) < 4.78 is 5.54. The lowest BCUT2D eigenvalue weighted by Gasteiger charge is -2.06. The van der Waals surface area contributed by atoms with Gasteiger partial charge in [-0.05, 0) is 24.6 Å². The molecule has 0 radical (unpaired) electrons. The normalized spacial score (nSPS) is 10.5. The van der Waals surface area contributed by atoms with Gasteiger partial charge < -0.3 is 9.73 Å². The van der Waals surface area contributed by atoms with Crippen molar-refractivity contribution in [1.82, 2.24) is 0 Å². The highest BCUT2D eigenvalue weighted by Crippen LogP contribution is 2.20. The number of carbonyl (C=O) groups excluding carboxylic acids is 1. The zero-order valence-corrected chi connectivity index (χ0v) is 12.6. The average Bonchev–Trinajstić information content (AvgIpc) is 2.56. The highest BCUT2D eigenvalue weighted by atomic mass is 16.6. The first kappa shape index (κ1) is 15.4. The van der Waals surface area contributed by atoms with Crippen LogP contribution in [0, 0.1) is 17.0 Å². The summed E-state index contributed by atoms with van der Waals surface area (Å²) >= 11 is 0. The number of non-ortho nitro benzene ring substituents is 1. The summed E-state index contributed by atoms with van der Waals surface area (Å²) in [5.74, 6) is -0.814. The van der Waals surface area contributed by atoms with Crippen molar-refractivity contribution >= 4 is 28.3 Å². The second kappa shape index (κ2) is 5.96. The fourth-order valence-electron chi connectivity index (χ4n) is 2.32. The van der Waals surface area contributed by atoms with E-state index in [2.05, 4.69) is 5.32 Å². The maximum absolute atomic E-state index is 12.3. The Morgan fingerprint density at radius 1 is 1.17 bits per heavy atom. The van der Waals surface area contributed by atoms with Gasteiger partial charge in [0, 0.05) is 23.9 Å². The number of nitrogens with zero attached hydrogens (tertiary/aromatic N) is 1. The van der Waals surface area contributed by atoms with Crippen molar-refractivity contribution in [2.75, 3.05) is 5.32 Å². The fraction of sp³-hybridized carbons (Fsp3) is 0.0588. The minimum Gasteiger partial charge on any atom is -0.450 e. The average molecular weight is 324 g/mol. The van der Waals surface area contributed by atoms with Crippen LogP contribution in [0.15, 0.2) is 57.7 Å². The molecule has 1 aromatic heterocycles. The van der Waals surface area contributed by atoms with Crippen LogP contribution in [0.2, 0.25) is 0 Å². The molecule has 0 atom stereocenters. The third-order valence-corrected chi connectivity index (χ3v) is 3.49. The predicted octanol–water partition coefficient (Wildman–Crippen LogP) is 3.26. The Morgan fingerprint density at radius 3 is 2.67 bits per heavy atom. The molecule has 7 heteroatoms. The van der Waals surface area contributed by atoms with Gasteiger partial charge in [0.2, 0.25) is 0 Å². The zero-order chi connectivity index (χ0) is 17.3. The molecule has 7 nitrogen and oxygen atoms in total. The molecule has 0 aliphatic heterocycles. The molecule has 0 saturated heterocycles. The van der Waals surface area contributed by atoms with Gasteiger partial charge in [-0.2, -0.15) is 0 Å². The summed E-state index contributed by atoms with van der Waals surface area (Å²) in [5.41, 5.74) is 0.832. The van der Waals surface area contributed by atoms with Gasteiger partial charge in [0.15, 0.2) is 11.2 Å². The number of amides is 1. The number of anilines is 1. The Hall–Kier alpha value is -3.48. The lowest BCUT2D eigenvalue weighted by molar-refractivity contribution is -0.384. The summed E-state index contributed by atoms with van der Waals surface area (Å²) in [5, 5.41) is 13.6. The molecule has 120 valence electrons. The molecule has 1 amide bonds. The van der Waals surface area contributed by atoms with Crippen LogP contribution in [0.4, 0.5) is 11.4 Å². The number of carbonyl (C=O) groups is 1. The molecule has 0 aliphatic rings. The quantitative estimate of drug-likeness (QED) is 0.588. The van der Waals surface area contributed by atoms with E-state index in [4.69, 9.17) is 4.42 Å². The van der Waals surface area contributed by atoms with Crippen LogP contribution in [0.25, 0.3) is 11.0 Å². The lowest BCUT2D eigenvalue weighted by Crippen LogP contribution is -2.15. The van der Waals surface area contributed by atoms with Crippen molar-refractivity contribution in [3.8, 4) is 0 Å². The molecule has 0 saturated carbocycles. The van der Waals surface area contributed by atoms with Gasteiger partial charge in [-0.25, -0.2) is 0 Å². The van der Waals surface area contributed by atoms with Gasteiger partial charge in [-0.3, -0.25) is 19.7 Å². The van der Waals surface area contributed by atoms with Crippen molar-refractivity contribution in [3.05, 3.63) is 80.2 Å². The number of nitro benzene ring substituents is 1. The molecule has 3 aromatic rings. The molecule has 24 heavy (non-hydrogen) atoms. The highest BCUT2D eigenvalue weighted by Gasteiger charge is 2.15. The number of hydrogen-bond acceptors (Lipinski definition) is 5. The van der Waals surface area contributed by atoms with Gasteiger partial charge in [-0.15, -0.1) is 0 Å². The largest absolute Gasteiger partial charge is 0.450 e. The van der Waals surface area contributed by atoms with E-state index in [0.717, 1.165) is 11.6 Å². The van der Waals surface area contributed by atoms with E-state index in [9.17, 15) is 19.7 Å². The number of fused-ring (bicyclic) bond motifs is 1. The number of para-hydroxylation sites is 1. The number of benzene rings is 2. The predicted molar refractivity (Wildman–Crippen MR) is 88.3 cm³/mol. The van der Waals surface area contributed by atoms with Crippen LogP contribution in [-0.4, -0.2) is 10.8 Å². The number of aryl methyl sites for hydroxylation is 1. The third kappa shape index (κ3) is 2.87. The first-order chi connectivity index (χ1) is 11.5.